The van der Waals surface area contributed by atoms with Gasteiger partial charge in [0, 0.05) is 11.8 Å². The molecule has 0 unspecified atom stereocenters. The van der Waals surface area contributed by atoms with Crippen LogP contribution in [-0.2, 0) is 4.79 Å². The number of rotatable bonds is 2. The van der Waals surface area contributed by atoms with Gasteiger partial charge in [0.1, 0.15) is 0 Å². The number of carbonyl (C=O) groups is 1. The number of hydrogen-bond acceptors (Lipinski definition) is 2. The molecule has 0 aromatic rings. The Balaban J connectivity index is 2.39. The predicted octanol–water partition coefficient (Wildman–Crippen LogP) is 1.26. The molecule has 11 heavy (non-hydrogen) atoms. The highest BCUT2D eigenvalue weighted by Crippen LogP contribution is 2.16. The summed E-state index contributed by atoms with van der Waals surface area (Å²) in [5.74, 6) is 2.55. The zero-order chi connectivity index (χ0) is 8.27. The number of carbonyl (C=O) groups excluding carboxylic acids is 1. The first-order chi connectivity index (χ1) is 5.24. The molecule has 1 amide bonds. The summed E-state index contributed by atoms with van der Waals surface area (Å²) in [7, 11) is 0. The van der Waals surface area contributed by atoms with Crippen molar-refractivity contribution < 1.29 is 4.79 Å². The van der Waals surface area contributed by atoms with Crippen LogP contribution in [0.2, 0.25) is 0 Å². The minimum Gasteiger partial charge on any atom is -0.352 e. The zero-order valence-electron chi connectivity index (χ0n) is 7.09. The molecular formula is C8H15NOS. The van der Waals surface area contributed by atoms with Crippen molar-refractivity contribution in [1.29, 1.82) is 0 Å². The third-order valence-corrected chi connectivity index (χ3v) is 3.27. The van der Waals surface area contributed by atoms with E-state index in [1.165, 1.54) is 0 Å². The largest absolute Gasteiger partial charge is 0.352 e. The summed E-state index contributed by atoms with van der Waals surface area (Å²) in [5.41, 5.74) is 0. The van der Waals surface area contributed by atoms with Crippen molar-refractivity contribution in [2.75, 3.05) is 11.5 Å². The summed E-state index contributed by atoms with van der Waals surface area (Å²) in [6, 6.07) is 0.409. The molecule has 0 saturated carbocycles. The maximum atomic E-state index is 11.0. The summed E-state index contributed by atoms with van der Waals surface area (Å²) >= 11 is 1.74. The molecule has 0 aromatic carbocycles. The number of thioether (sulfide) groups is 1. The lowest BCUT2D eigenvalue weighted by molar-refractivity contribution is -0.119. The molecule has 1 N–H and O–H groups in total. The quantitative estimate of drug-likeness (QED) is 0.681. The average Bonchev–Trinajstić information content (AvgIpc) is 2.03. The number of nitrogens with one attached hydrogen (secondary N) is 1. The van der Waals surface area contributed by atoms with Gasteiger partial charge in [-0.05, 0) is 5.92 Å². The second-order valence-corrected chi connectivity index (χ2v) is 4.10. The van der Waals surface area contributed by atoms with Crippen LogP contribution < -0.4 is 5.32 Å². The molecule has 1 saturated heterocycles. The second kappa shape index (κ2) is 4.00. The Bertz CT molecular complexity index is 149. The van der Waals surface area contributed by atoms with E-state index >= 15 is 0 Å². The molecule has 1 aliphatic rings. The molecule has 1 fully saturated rings. The summed E-state index contributed by atoms with van der Waals surface area (Å²) in [6.45, 7) is 4.35. The fourth-order valence-corrected chi connectivity index (χ4v) is 2.21. The van der Waals surface area contributed by atoms with Gasteiger partial charge in [-0.25, -0.2) is 0 Å². The van der Waals surface area contributed by atoms with E-state index in [-0.39, 0.29) is 5.91 Å². The van der Waals surface area contributed by atoms with E-state index in [2.05, 4.69) is 19.2 Å². The van der Waals surface area contributed by atoms with Gasteiger partial charge in [-0.15, -0.1) is 11.8 Å². The van der Waals surface area contributed by atoms with Crippen LogP contribution in [0.25, 0.3) is 0 Å². The Morgan fingerprint density at radius 1 is 1.82 bits per heavy atom. The average molecular weight is 173 g/mol. The molecule has 0 aromatic heterocycles. The van der Waals surface area contributed by atoms with E-state index < -0.39 is 0 Å². The van der Waals surface area contributed by atoms with Crippen molar-refractivity contribution in [1.82, 2.24) is 5.32 Å². The molecule has 0 bridgehead atoms. The first-order valence-electron chi connectivity index (χ1n) is 4.11. The van der Waals surface area contributed by atoms with Gasteiger partial charge in [-0.1, -0.05) is 20.3 Å². The molecule has 1 rings (SSSR count). The van der Waals surface area contributed by atoms with Gasteiger partial charge >= 0.3 is 0 Å². The Morgan fingerprint density at radius 2 is 2.55 bits per heavy atom. The van der Waals surface area contributed by atoms with Crippen LogP contribution in [0.1, 0.15) is 20.3 Å². The van der Waals surface area contributed by atoms with Crippen molar-refractivity contribution in [3.8, 4) is 0 Å². The van der Waals surface area contributed by atoms with Crippen molar-refractivity contribution >= 4 is 17.7 Å². The summed E-state index contributed by atoms with van der Waals surface area (Å²) < 4.78 is 0. The van der Waals surface area contributed by atoms with Crippen LogP contribution in [0.5, 0.6) is 0 Å². The van der Waals surface area contributed by atoms with Gasteiger partial charge in [0.2, 0.25) is 5.91 Å². The van der Waals surface area contributed by atoms with E-state index in [0.29, 0.717) is 17.7 Å². The number of amides is 1. The van der Waals surface area contributed by atoms with E-state index in [9.17, 15) is 4.79 Å². The standard InChI is InChI=1S/C8H15NOS/c1-3-6(2)7-4-11-5-8(10)9-7/h6-7H,3-5H2,1-2H3,(H,9,10)/t6-,7+/m0/s1. The van der Waals surface area contributed by atoms with Gasteiger partial charge in [0.05, 0.1) is 5.75 Å². The highest BCUT2D eigenvalue weighted by atomic mass is 32.2. The van der Waals surface area contributed by atoms with E-state index in [0.717, 1.165) is 12.2 Å². The third-order valence-electron chi connectivity index (χ3n) is 2.21. The molecule has 2 nitrogen and oxygen atoms in total. The van der Waals surface area contributed by atoms with E-state index in [1.54, 1.807) is 11.8 Å². The van der Waals surface area contributed by atoms with Gasteiger partial charge in [0.25, 0.3) is 0 Å². The summed E-state index contributed by atoms with van der Waals surface area (Å²) in [4.78, 5) is 11.0. The van der Waals surface area contributed by atoms with Crippen molar-refractivity contribution in [2.45, 2.75) is 26.3 Å². The highest BCUT2D eigenvalue weighted by molar-refractivity contribution is 8.00. The molecular weight excluding hydrogens is 158 g/mol. The topological polar surface area (TPSA) is 29.1 Å². The maximum absolute atomic E-state index is 11.0. The van der Waals surface area contributed by atoms with Crippen LogP contribution in [0.4, 0.5) is 0 Å². The van der Waals surface area contributed by atoms with Crippen LogP contribution in [0.3, 0.4) is 0 Å². The lowest BCUT2D eigenvalue weighted by Crippen LogP contribution is -2.45. The molecule has 1 heterocycles. The minimum atomic E-state index is 0.201. The van der Waals surface area contributed by atoms with Crippen molar-refractivity contribution in [3.63, 3.8) is 0 Å². The molecule has 3 heteroatoms. The predicted molar refractivity (Wildman–Crippen MR) is 48.7 cm³/mol. The van der Waals surface area contributed by atoms with Gasteiger partial charge in [0.15, 0.2) is 0 Å². The first-order valence-corrected chi connectivity index (χ1v) is 5.26. The highest BCUT2D eigenvalue weighted by Gasteiger charge is 2.22. The fourth-order valence-electron chi connectivity index (χ4n) is 1.16. The summed E-state index contributed by atoms with van der Waals surface area (Å²) in [5, 5.41) is 3.01. The van der Waals surface area contributed by atoms with E-state index in [1.807, 2.05) is 0 Å². The SMILES string of the molecule is CC[C@H](C)[C@H]1CSCC(=O)N1. The zero-order valence-corrected chi connectivity index (χ0v) is 7.91. The van der Waals surface area contributed by atoms with E-state index in [4.69, 9.17) is 0 Å². The van der Waals surface area contributed by atoms with Crippen LogP contribution in [-0.4, -0.2) is 23.5 Å². The first kappa shape index (κ1) is 8.91. The Kier molecular flexibility index (Phi) is 3.24. The minimum absolute atomic E-state index is 0.201. The Morgan fingerprint density at radius 3 is 3.09 bits per heavy atom. The van der Waals surface area contributed by atoms with Gasteiger partial charge in [-0.2, -0.15) is 0 Å². The Labute approximate surface area is 72.1 Å². The second-order valence-electron chi connectivity index (χ2n) is 3.07. The van der Waals surface area contributed by atoms with Crippen molar-refractivity contribution in [3.05, 3.63) is 0 Å². The smallest absolute Gasteiger partial charge is 0.230 e. The molecule has 1 aliphatic heterocycles. The lowest BCUT2D eigenvalue weighted by Gasteiger charge is -2.27. The maximum Gasteiger partial charge on any atom is 0.230 e. The molecule has 0 spiro atoms. The fraction of sp³-hybridized carbons (Fsp3) is 0.875. The monoisotopic (exact) mass is 173 g/mol. The van der Waals surface area contributed by atoms with Crippen molar-refractivity contribution in [2.24, 2.45) is 5.92 Å². The third kappa shape index (κ3) is 2.40. The van der Waals surface area contributed by atoms with Gasteiger partial charge < -0.3 is 5.32 Å². The molecule has 0 radical (unpaired) electrons. The molecule has 64 valence electrons. The lowest BCUT2D eigenvalue weighted by atomic mass is 10.0. The van der Waals surface area contributed by atoms with Gasteiger partial charge in [-0.3, -0.25) is 4.79 Å². The molecule has 2 atom stereocenters. The number of hydrogen-bond donors (Lipinski definition) is 1. The Hall–Kier alpha value is -0.180. The van der Waals surface area contributed by atoms with Crippen LogP contribution in [0, 0.1) is 5.92 Å². The normalized spacial score (nSPS) is 27.8. The van der Waals surface area contributed by atoms with Crippen LogP contribution >= 0.6 is 11.8 Å². The molecule has 0 aliphatic carbocycles. The van der Waals surface area contributed by atoms with Crippen LogP contribution in [0.15, 0.2) is 0 Å². The summed E-state index contributed by atoms with van der Waals surface area (Å²) in [6.07, 6.45) is 1.14.